The van der Waals surface area contributed by atoms with Gasteiger partial charge in [-0.3, -0.25) is 10.1 Å². The third-order valence-electron chi connectivity index (χ3n) is 2.86. The fourth-order valence-corrected chi connectivity index (χ4v) is 1.82. The van der Waals surface area contributed by atoms with E-state index < -0.39 is 22.6 Å². The number of nitro groups is 1. The van der Waals surface area contributed by atoms with Crippen LogP contribution in [-0.2, 0) is 0 Å². The minimum atomic E-state index is -2.88. The summed E-state index contributed by atoms with van der Waals surface area (Å²) >= 11 is 0. The van der Waals surface area contributed by atoms with Gasteiger partial charge in [-0.2, -0.15) is 0 Å². The van der Waals surface area contributed by atoms with Gasteiger partial charge in [0.2, 0.25) is 0 Å². The molecule has 0 bridgehead atoms. The van der Waals surface area contributed by atoms with Crippen LogP contribution in [0.15, 0.2) is 36.4 Å². The number of nitrogens with zero attached hydrogens (tertiary/aromatic N) is 1. The first-order chi connectivity index (χ1) is 9.88. The number of alkyl halides is 2. The Labute approximate surface area is 119 Å². The highest BCUT2D eigenvalue weighted by atomic mass is 19.3. The monoisotopic (exact) mass is 294 g/mol. The Morgan fingerprint density at radius 2 is 1.86 bits per heavy atom. The van der Waals surface area contributed by atoms with Crippen molar-refractivity contribution in [1.29, 1.82) is 0 Å². The van der Waals surface area contributed by atoms with Crippen molar-refractivity contribution in [2.24, 2.45) is 0 Å². The Morgan fingerprint density at radius 1 is 1.19 bits per heavy atom. The van der Waals surface area contributed by atoms with Crippen molar-refractivity contribution < 1.29 is 18.4 Å². The molecule has 0 atom stereocenters. The van der Waals surface area contributed by atoms with Gasteiger partial charge < -0.3 is 10.5 Å². The SMILES string of the molecule is Cc1cc(N)ccc1Oc1ccc([N+](=O)[O-])cc1C(F)F. The molecule has 0 aliphatic rings. The zero-order chi connectivity index (χ0) is 15.6. The Balaban J connectivity index is 2.41. The van der Waals surface area contributed by atoms with E-state index in [1.807, 2.05) is 0 Å². The van der Waals surface area contributed by atoms with E-state index in [0.29, 0.717) is 17.0 Å². The van der Waals surface area contributed by atoms with Crippen LogP contribution in [0, 0.1) is 17.0 Å². The average Bonchev–Trinajstić information content (AvgIpc) is 2.41. The Kier molecular flexibility index (Phi) is 4.02. The number of nitrogens with two attached hydrogens (primary N) is 1. The third kappa shape index (κ3) is 3.25. The minimum absolute atomic E-state index is 0.122. The van der Waals surface area contributed by atoms with Crippen LogP contribution >= 0.6 is 0 Å². The molecule has 0 fully saturated rings. The lowest BCUT2D eigenvalue weighted by molar-refractivity contribution is -0.385. The quantitative estimate of drug-likeness (QED) is 0.520. The highest BCUT2D eigenvalue weighted by Crippen LogP contribution is 2.36. The van der Waals surface area contributed by atoms with Gasteiger partial charge in [-0.05, 0) is 36.8 Å². The summed E-state index contributed by atoms with van der Waals surface area (Å²) in [5, 5.41) is 10.6. The Bertz CT molecular complexity index is 690. The van der Waals surface area contributed by atoms with Crippen LogP contribution in [0.25, 0.3) is 0 Å². The number of aryl methyl sites for hydroxylation is 1. The maximum Gasteiger partial charge on any atom is 0.270 e. The summed E-state index contributed by atoms with van der Waals surface area (Å²) in [4.78, 5) is 9.91. The van der Waals surface area contributed by atoms with Crippen LogP contribution in [0.4, 0.5) is 20.2 Å². The molecule has 2 aromatic rings. The van der Waals surface area contributed by atoms with E-state index in [1.54, 1.807) is 25.1 Å². The maximum absolute atomic E-state index is 13.0. The maximum atomic E-state index is 13.0. The molecule has 0 amide bonds. The number of hydrogen-bond donors (Lipinski definition) is 1. The number of ether oxygens (including phenoxy) is 1. The Hall–Kier alpha value is -2.70. The van der Waals surface area contributed by atoms with Crippen LogP contribution < -0.4 is 10.5 Å². The van der Waals surface area contributed by atoms with E-state index in [9.17, 15) is 18.9 Å². The summed E-state index contributed by atoms with van der Waals surface area (Å²) in [6.45, 7) is 1.72. The van der Waals surface area contributed by atoms with Crippen molar-refractivity contribution in [3.8, 4) is 11.5 Å². The molecule has 0 saturated carbocycles. The molecule has 7 heteroatoms. The van der Waals surface area contributed by atoms with Gasteiger partial charge in [0.25, 0.3) is 12.1 Å². The molecular weight excluding hydrogens is 282 g/mol. The van der Waals surface area contributed by atoms with Crippen molar-refractivity contribution in [2.45, 2.75) is 13.3 Å². The number of nitro benzene ring substituents is 1. The summed E-state index contributed by atoms with van der Waals surface area (Å²) in [6.07, 6.45) is -2.88. The summed E-state index contributed by atoms with van der Waals surface area (Å²) in [5.41, 5.74) is 5.86. The highest BCUT2D eigenvalue weighted by Gasteiger charge is 2.19. The first-order valence-electron chi connectivity index (χ1n) is 5.99. The van der Waals surface area contributed by atoms with Crippen LogP contribution in [0.5, 0.6) is 11.5 Å². The second-order valence-corrected chi connectivity index (χ2v) is 4.41. The van der Waals surface area contributed by atoms with Crippen molar-refractivity contribution >= 4 is 11.4 Å². The number of rotatable bonds is 4. The molecule has 0 radical (unpaired) electrons. The lowest BCUT2D eigenvalue weighted by Gasteiger charge is -2.12. The molecule has 110 valence electrons. The molecule has 2 rings (SSSR count). The smallest absolute Gasteiger partial charge is 0.270 e. The fraction of sp³-hybridized carbons (Fsp3) is 0.143. The second kappa shape index (κ2) is 5.74. The average molecular weight is 294 g/mol. The van der Waals surface area contributed by atoms with Gasteiger partial charge in [0.15, 0.2) is 0 Å². The van der Waals surface area contributed by atoms with Gasteiger partial charge in [0, 0.05) is 17.8 Å². The van der Waals surface area contributed by atoms with Crippen LogP contribution in [0.1, 0.15) is 17.6 Å². The van der Waals surface area contributed by atoms with E-state index in [-0.39, 0.29) is 5.75 Å². The molecule has 0 heterocycles. The van der Waals surface area contributed by atoms with Gasteiger partial charge in [0.05, 0.1) is 10.5 Å². The standard InChI is InChI=1S/C14H12F2N2O3/c1-8-6-9(17)2-4-12(8)21-13-5-3-10(18(19)20)7-11(13)14(15)16/h2-7,14H,17H2,1H3. The van der Waals surface area contributed by atoms with E-state index in [4.69, 9.17) is 10.5 Å². The highest BCUT2D eigenvalue weighted by molar-refractivity contribution is 5.51. The van der Waals surface area contributed by atoms with Crippen molar-refractivity contribution in [2.75, 3.05) is 5.73 Å². The predicted molar refractivity (Wildman–Crippen MR) is 73.7 cm³/mol. The molecular formula is C14H12F2N2O3. The molecule has 0 aromatic heterocycles. The van der Waals surface area contributed by atoms with Crippen molar-refractivity contribution in [1.82, 2.24) is 0 Å². The largest absolute Gasteiger partial charge is 0.457 e. The number of non-ortho nitro benzene ring substituents is 1. The van der Waals surface area contributed by atoms with E-state index in [2.05, 4.69) is 0 Å². The first kappa shape index (κ1) is 14.7. The van der Waals surface area contributed by atoms with Gasteiger partial charge >= 0.3 is 0 Å². The van der Waals surface area contributed by atoms with Gasteiger partial charge in [0.1, 0.15) is 11.5 Å². The number of nitrogen functional groups attached to an aromatic ring is 1. The summed E-state index contributed by atoms with van der Waals surface area (Å²) in [7, 11) is 0. The molecule has 5 nitrogen and oxygen atoms in total. The van der Waals surface area contributed by atoms with E-state index in [1.165, 1.54) is 0 Å². The molecule has 2 N–H and O–H groups in total. The number of anilines is 1. The number of benzene rings is 2. The Morgan fingerprint density at radius 3 is 2.43 bits per heavy atom. The van der Waals surface area contributed by atoms with Gasteiger partial charge in [-0.1, -0.05) is 0 Å². The van der Waals surface area contributed by atoms with E-state index >= 15 is 0 Å². The molecule has 0 saturated heterocycles. The second-order valence-electron chi connectivity index (χ2n) is 4.41. The lowest BCUT2D eigenvalue weighted by atomic mass is 10.1. The van der Waals surface area contributed by atoms with Crippen LogP contribution in [0.3, 0.4) is 0 Å². The molecule has 0 aliphatic heterocycles. The molecule has 0 unspecified atom stereocenters. The number of hydrogen-bond acceptors (Lipinski definition) is 4. The predicted octanol–water partition coefficient (Wildman–Crippen LogP) is 4.22. The molecule has 0 aliphatic carbocycles. The summed E-state index contributed by atoms with van der Waals surface area (Å²) < 4.78 is 31.5. The normalized spacial score (nSPS) is 10.7. The fourth-order valence-electron chi connectivity index (χ4n) is 1.82. The first-order valence-corrected chi connectivity index (χ1v) is 5.99. The topological polar surface area (TPSA) is 78.4 Å². The van der Waals surface area contributed by atoms with Crippen LogP contribution in [0.2, 0.25) is 0 Å². The zero-order valence-corrected chi connectivity index (χ0v) is 11.0. The zero-order valence-electron chi connectivity index (χ0n) is 11.0. The van der Waals surface area contributed by atoms with Crippen molar-refractivity contribution in [3.63, 3.8) is 0 Å². The minimum Gasteiger partial charge on any atom is -0.457 e. The van der Waals surface area contributed by atoms with E-state index in [0.717, 1.165) is 18.2 Å². The lowest BCUT2D eigenvalue weighted by Crippen LogP contribution is -1.97. The van der Waals surface area contributed by atoms with Crippen LogP contribution in [-0.4, -0.2) is 4.92 Å². The number of halogens is 2. The molecule has 21 heavy (non-hydrogen) atoms. The van der Waals surface area contributed by atoms with Gasteiger partial charge in [-0.15, -0.1) is 0 Å². The van der Waals surface area contributed by atoms with Gasteiger partial charge in [-0.25, -0.2) is 8.78 Å². The molecule has 2 aromatic carbocycles. The summed E-state index contributed by atoms with van der Waals surface area (Å²) in [5.74, 6) is 0.239. The van der Waals surface area contributed by atoms with Crippen molar-refractivity contribution in [3.05, 3.63) is 57.6 Å². The molecule has 0 spiro atoms. The third-order valence-corrected chi connectivity index (χ3v) is 2.86. The summed E-state index contributed by atoms with van der Waals surface area (Å²) in [6, 6.07) is 7.87.